The predicted octanol–water partition coefficient (Wildman–Crippen LogP) is 2.50. The van der Waals surface area contributed by atoms with E-state index in [1.165, 1.54) is 20.1 Å². The molecule has 150 valence electrons. The van der Waals surface area contributed by atoms with Crippen LogP contribution >= 0.6 is 0 Å². The van der Waals surface area contributed by atoms with Gasteiger partial charge in [-0.2, -0.15) is 4.98 Å². The Balaban J connectivity index is 2.08. The Bertz CT molecular complexity index is 859. The van der Waals surface area contributed by atoms with Crippen LogP contribution in [0.15, 0.2) is 24.3 Å². The quantitative estimate of drug-likeness (QED) is 0.704. The summed E-state index contributed by atoms with van der Waals surface area (Å²) in [7, 11) is 1.38. The SMILES string of the molecule is COc1nc(OCC(F)F)ccc1CNC(=O)c1cc(C)nc(CC(C)=O)c1. The number of hydrogen-bond acceptors (Lipinski definition) is 6. The number of carbonyl (C=O) groups is 2. The smallest absolute Gasteiger partial charge is 0.272 e. The molecule has 0 saturated carbocycles. The van der Waals surface area contributed by atoms with Crippen LogP contribution in [0.5, 0.6) is 11.8 Å². The van der Waals surface area contributed by atoms with Gasteiger partial charge in [0, 0.05) is 41.5 Å². The molecule has 0 aliphatic carbocycles. The topological polar surface area (TPSA) is 90.4 Å². The Labute approximate surface area is 161 Å². The number of ketones is 1. The van der Waals surface area contributed by atoms with Gasteiger partial charge in [0.25, 0.3) is 12.3 Å². The van der Waals surface area contributed by atoms with E-state index in [1.807, 2.05) is 0 Å². The monoisotopic (exact) mass is 393 g/mol. The molecule has 1 amide bonds. The number of halogens is 2. The van der Waals surface area contributed by atoms with Crippen molar-refractivity contribution in [2.24, 2.45) is 0 Å². The van der Waals surface area contributed by atoms with Crippen molar-refractivity contribution in [1.82, 2.24) is 15.3 Å². The molecule has 2 heterocycles. The highest BCUT2D eigenvalue weighted by molar-refractivity contribution is 5.94. The largest absolute Gasteiger partial charge is 0.481 e. The van der Waals surface area contributed by atoms with Crippen LogP contribution in [-0.4, -0.2) is 41.8 Å². The normalized spacial score (nSPS) is 10.6. The molecular weight excluding hydrogens is 372 g/mol. The minimum atomic E-state index is -2.61. The van der Waals surface area contributed by atoms with Crippen LogP contribution in [0.2, 0.25) is 0 Å². The summed E-state index contributed by atoms with van der Waals surface area (Å²) < 4.78 is 34.4. The Hall–Kier alpha value is -3.10. The van der Waals surface area contributed by atoms with Crippen LogP contribution in [0.4, 0.5) is 8.78 Å². The van der Waals surface area contributed by atoms with Gasteiger partial charge in [-0.05, 0) is 32.0 Å². The van der Waals surface area contributed by atoms with Gasteiger partial charge in [0.05, 0.1) is 7.11 Å². The van der Waals surface area contributed by atoms with E-state index in [-0.39, 0.29) is 36.4 Å². The third kappa shape index (κ3) is 6.26. The lowest BCUT2D eigenvalue weighted by molar-refractivity contribution is -0.116. The van der Waals surface area contributed by atoms with Gasteiger partial charge in [-0.25, -0.2) is 8.78 Å². The highest BCUT2D eigenvalue weighted by atomic mass is 19.3. The molecule has 0 unspecified atom stereocenters. The third-order valence-corrected chi connectivity index (χ3v) is 3.60. The molecule has 2 aromatic heterocycles. The first-order valence-electron chi connectivity index (χ1n) is 8.48. The van der Waals surface area contributed by atoms with Crippen LogP contribution in [0, 0.1) is 6.92 Å². The fourth-order valence-electron chi connectivity index (χ4n) is 2.48. The fourth-order valence-corrected chi connectivity index (χ4v) is 2.48. The summed E-state index contributed by atoms with van der Waals surface area (Å²) >= 11 is 0. The van der Waals surface area contributed by atoms with Crippen LogP contribution < -0.4 is 14.8 Å². The number of nitrogens with one attached hydrogen (secondary N) is 1. The van der Waals surface area contributed by atoms with Crippen LogP contribution in [0.3, 0.4) is 0 Å². The van der Waals surface area contributed by atoms with Gasteiger partial charge in [-0.3, -0.25) is 14.6 Å². The van der Waals surface area contributed by atoms with Crippen LogP contribution in [0.1, 0.15) is 34.2 Å². The predicted molar refractivity (Wildman–Crippen MR) is 96.8 cm³/mol. The van der Waals surface area contributed by atoms with Crippen molar-refractivity contribution in [1.29, 1.82) is 0 Å². The standard InChI is InChI=1S/C19H21F2N3O4/c1-11-6-14(8-15(23-11)7-12(2)25)18(26)22-9-13-4-5-17(24-19(13)27-3)28-10-16(20)21/h4-6,8,16H,7,9-10H2,1-3H3,(H,22,26). The Kier molecular flexibility index (Phi) is 7.36. The first kappa shape index (κ1) is 21.2. The molecule has 2 aromatic rings. The summed E-state index contributed by atoms with van der Waals surface area (Å²) in [5.41, 5.74) is 2.09. The molecule has 2 rings (SSSR count). The molecule has 7 nitrogen and oxygen atoms in total. The van der Waals surface area contributed by atoms with Gasteiger partial charge in [-0.15, -0.1) is 0 Å². The number of alkyl halides is 2. The number of hydrogen-bond donors (Lipinski definition) is 1. The van der Waals surface area contributed by atoms with E-state index in [0.717, 1.165) is 0 Å². The minimum absolute atomic E-state index is 0.00543. The van der Waals surface area contributed by atoms with Crippen LogP contribution in [-0.2, 0) is 17.8 Å². The first-order chi connectivity index (χ1) is 13.3. The third-order valence-electron chi connectivity index (χ3n) is 3.60. The maximum atomic E-state index is 12.5. The molecule has 1 N–H and O–H groups in total. The molecular formula is C19H21F2N3O4. The van der Waals surface area contributed by atoms with Gasteiger partial charge < -0.3 is 14.8 Å². The number of methoxy groups -OCH3 is 1. The van der Waals surface area contributed by atoms with Crippen molar-refractivity contribution in [3.05, 3.63) is 46.8 Å². The number of aryl methyl sites for hydroxylation is 1. The minimum Gasteiger partial charge on any atom is -0.481 e. The zero-order valence-electron chi connectivity index (χ0n) is 15.8. The van der Waals surface area contributed by atoms with E-state index in [4.69, 9.17) is 9.47 Å². The summed E-state index contributed by atoms with van der Waals surface area (Å²) in [4.78, 5) is 32.0. The summed E-state index contributed by atoms with van der Waals surface area (Å²) in [6, 6.07) is 6.19. The van der Waals surface area contributed by atoms with Gasteiger partial charge >= 0.3 is 0 Å². The number of carbonyl (C=O) groups excluding carboxylic acids is 2. The molecule has 0 saturated heterocycles. The van der Waals surface area contributed by atoms with Crippen molar-refractivity contribution in [3.8, 4) is 11.8 Å². The van der Waals surface area contributed by atoms with Gasteiger partial charge in [-0.1, -0.05) is 0 Å². The van der Waals surface area contributed by atoms with E-state index in [2.05, 4.69) is 15.3 Å². The maximum absolute atomic E-state index is 12.5. The van der Waals surface area contributed by atoms with Gasteiger partial charge in [0.1, 0.15) is 5.78 Å². The molecule has 0 aliphatic rings. The van der Waals surface area contributed by atoms with Gasteiger partial charge in [0.2, 0.25) is 11.8 Å². The average molecular weight is 393 g/mol. The summed E-state index contributed by atoms with van der Waals surface area (Å²) in [6.07, 6.45) is -2.46. The maximum Gasteiger partial charge on any atom is 0.272 e. The van der Waals surface area contributed by atoms with Crippen molar-refractivity contribution in [3.63, 3.8) is 0 Å². The number of Topliss-reactive ketones (excluding diaryl/α,β-unsaturated/α-hetero) is 1. The van der Waals surface area contributed by atoms with E-state index >= 15 is 0 Å². The van der Waals surface area contributed by atoms with Crippen molar-refractivity contribution in [2.75, 3.05) is 13.7 Å². The zero-order chi connectivity index (χ0) is 20.7. The molecule has 9 heteroatoms. The number of nitrogens with zero attached hydrogens (tertiary/aromatic N) is 2. The van der Waals surface area contributed by atoms with E-state index in [9.17, 15) is 18.4 Å². The fraction of sp³-hybridized carbons (Fsp3) is 0.368. The highest BCUT2D eigenvalue weighted by Crippen LogP contribution is 2.20. The van der Waals surface area contributed by atoms with Crippen molar-refractivity contribution in [2.45, 2.75) is 33.2 Å². The number of aromatic nitrogens is 2. The molecule has 0 aromatic carbocycles. The molecule has 0 bridgehead atoms. The molecule has 0 radical (unpaired) electrons. The van der Waals surface area contributed by atoms with E-state index in [0.29, 0.717) is 22.5 Å². The Morgan fingerprint density at radius 2 is 1.96 bits per heavy atom. The Morgan fingerprint density at radius 3 is 2.61 bits per heavy atom. The Morgan fingerprint density at radius 1 is 1.21 bits per heavy atom. The summed E-state index contributed by atoms with van der Waals surface area (Å²) in [6.45, 7) is 2.53. The van der Waals surface area contributed by atoms with Crippen LogP contribution in [0.25, 0.3) is 0 Å². The van der Waals surface area contributed by atoms with E-state index in [1.54, 1.807) is 25.1 Å². The summed E-state index contributed by atoms with van der Waals surface area (Å²) in [5.74, 6) is -0.231. The molecule has 28 heavy (non-hydrogen) atoms. The highest BCUT2D eigenvalue weighted by Gasteiger charge is 2.13. The molecule has 0 atom stereocenters. The number of rotatable bonds is 9. The molecule has 0 aliphatic heterocycles. The lowest BCUT2D eigenvalue weighted by Crippen LogP contribution is -2.24. The average Bonchev–Trinajstić information content (AvgIpc) is 2.63. The second-order valence-corrected chi connectivity index (χ2v) is 6.07. The number of pyridine rings is 2. The first-order valence-corrected chi connectivity index (χ1v) is 8.48. The second kappa shape index (κ2) is 9.72. The van der Waals surface area contributed by atoms with Crippen molar-refractivity contribution < 1.29 is 27.8 Å². The number of ether oxygens (including phenoxy) is 2. The molecule has 0 fully saturated rings. The lowest BCUT2D eigenvalue weighted by atomic mass is 10.1. The number of amides is 1. The second-order valence-electron chi connectivity index (χ2n) is 6.07. The lowest BCUT2D eigenvalue weighted by Gasteiger charge is -2.12. The zero-order valence-corrected chi connectivity index (χ0v) is 15.8. The molecule has 0 spiro atoms. The summed E-state index contributed by atoms with van der Waals surface area (Å²) in [5, 5.41) is 2.73. The van der Waals surface area contributed by atoms with Crippen molar-refractivity contribution >= 4 is 11.7 Å². The van der Waals surface area contributed by atoms with Gasteiger partial charge in [0.15, 0.2) is 6.61 Å². The van der Waals surface area contributed by atoms with E-state index < -0.39 is 13.0 Å².